The van der Waals surface area contributed by atoms with Crippen LogP contribution in [0.4, 0.5) is 19.2 Å². The Bertz CT molecular complexity index is 942. The van der Waals surface area contributed by atoms with E-state index in [0.717, 1.165) is 0 Å². The lowest BCUT2D eigenvalue weighted by Gasteiger charge is -2.06. The Hall–Kier alpha value is -3.01. The van der Waals surface area contributed by atoms with E-state index in [1.54, 1.807) is 24.3 Å². The number of methoxy groups -OCH3 is 1. The summed E-state index contributed by atoms with van der Waals surface area (Å²) in [5, 5.41) is 9.99. The van der Waals surface area contributed by atoms with Crippen LogP contribution in [0, 0.1) is 0 Å². The SMILES string of the molecule is COc1cccc(-c2nnc(NC(=O)c3ccc(SC(F)(F)F)cc3)o2)c1. The molecule has 0 aliphatic rings. The van der Waals surface area contributed by atoms with Crippen LogP contribution in [0.15, 0.2) is 57.8 Å². The number of hydrogen-bond acceptors (Lipinski definition) is 6. The smallest absolute Gasteiger partial charge is 0.446 e. The Balaban J connectivity index is 1.69. The Kier molecular flexibility index (Phi) is 5.36. The zero-order valence-corrected chi connectivity index (χ0v) is 14.6. The average molecular weight is 395 g/mol. The number of carbonyl (C=O) groups excluding carboxylic acids is 1. The van der Waals surface area contributed by atoms with Gasteiger partial charge in [0.15, 0.2) is 0 Å². The molecule has 27 heavy (non-hydrogen) atoms. The van der Waals surface area contributed by atoms with Gasteiger partial charge in [0.1, 0.15) is 5.75 Å². The summed E-state index contributed by atoms with van der Waals surface area (Å²) >= 11 is -0.254. The van der Waals surface area contributed by atoms with E-state index in [1.807, 2.05) is 0 Å². The van der Waals surface area contributed by atoms with Gasteiger partial charge in [-0.3, -0.25) is 10.1 Å². The summed E-state index contributed by atoms with van der Waals surface area (Å²) in [6.45, 7) is 0. The van der Waals surface area contributed by atoms with Gasteiger partial charge in [-0.15, -0.1) is 5.10 Å². The molecule has 1 aromatic heterocycles. The van der Waals surface area contributed by atoms with Gasteiger partial charge in [-0.25, -0.2) is 0 Å². The third kappa shape index (κ3) is 5.00. The van der Waals surface area contributed by atoms with Crippen LogP contribution in [0.3, 0.4) is 0 Å². The Labute approximate surface area is 155 Å². The van der Waals surface area contributed by atoms with E-state index in [-0.39, 0.29) is 34.1 Å². The largest absolute Gasteiger partial charge is 0.497 e. The van der Waals surface area contributed by atoms with Crippen molar-refractivity contribution in [1.29, 1.82) is 0 Å². The van der Waals surface area contributed by atoms with Crippen LogP contribution in [0.1, 0.15) is 10.4 Å². The van der Waals surface area contributed by atoms with E-state index in [4.69, 9.17) is 9.15 Å². The zero-order chi connectivity index (χ0) is 19.4. The van der Waals surface area contributed by atoms with E-state index in [2.05, 4.69) is 15.5 Å². The molecule has 0 atom stereocenters. The molecule has 0 unspecified atom stereocenters. The van der Waals surface area contributed by atoms with Gasteiger partial charge in [0.2, 0.25) is 5.89 Å². The first kappa shape index (κ1) is 18.8. The lowest BCUT2D eigenvalue weighted by molar-refractivity contribution is -0.0328. The van der Waals surface area contributed by atoms with Gasteiger partial charge in [-0.1, -0.05) is 11.2 Å². The third-order valence-corrected chi connectivity index (χ3v) is 4.05. The van der Waals surface area contributed by atoms with Crippen molar-refractivity contribution in [2.24, 2.45) is 0 Å². The van der Waals surface area contributed by atoms with Crippen molar-refractivity contribution in [3.63, 3.8) is 0 Å². The fourth-order valence-corrected chi connectivity index (χ4v) is 2.66. The quantitative estimate of drug-likeness (QED) is 0.636. The molecule has 0 aliphatic carbocycles. The van der Waals surface area contributed by atoms with Gasteiger partial charge >= 0.3 is 11.5 Å². The molecule has 1 heterocycles. The minimum Gasteiger partial charge on any atom is -0.497 e. The molecule has 0 aliphatic heterocycles. The van der Waals surface area contributed by atoms with Crippen molar-refractivity contribution in [1.82, 2.24) is 10.2 Å². The molecule has 0 spiro atoms. The van der Waals surface area contributed by atoms with E-state index in [9.17, 15) is 18.0 Å². The number of hydrogen-bond donors (Lipinski definition) is 1. The lowest BCUT2D eigenvalue weighted by Crippen LogP contribution is -2.12. The van der Waals surface area contributed by atoms with Crippen molar-refractivity contribution >= 4 is 23.7 Å². The molecule has 0 bridgehead atoms. The number of carbonyl (C=O) groups is 1. The minimum absolute atomic E-state index is 0.0165. The molecule has 2 aromatic carbocycles. The van der Waals surface area contributed by atoms with Crippen LogP contribution in [0.25, 0.3) is 11.5 Å². The molecule has 140 valence electrons. The third-order valence-electron chi connectivity index (χ3n) is 3.31. The number of amides is 1. The van der Waals surface area contributed by atoms with Gasteiger partial charge in [-0.2, -0.15) is 13.2 Å². The Morgan fingerprint density at radius 2 is 1.89 bits per heavy atom. The normalized spacial score (nSPS) is 11.3. The summed E-state index contributed by atoms with van der Waals surface area (Å²) in [5.74, 6) is 0.202. The second-order valence-electron chi connectivity index (χ2n) is 5.17. The minimum atomic E-state index is -4.38. The maximum atomic E-state index is 12.3. The number of anilines is 1. The van der Waals surface area contributed by atoms with E-state index < -0.39 is 11.4 Å². The van der Waals surface area contributed by atoms with Gasteiger partial charge in [0.25, 0.3) is 5.91 Å². The fourth-order valence-electron chi connectivity index (χ4n) is 2.12. The van der Waals surface area contributed by atoms with Gasteiger partial charge in [0, 0.05) is 16.0 Å². The lowest BCUT2D eigenvalue weighted by atomic mass is 10.2. The molecule has 1 N–H and O–H groups in total. The van der Waals surface area contributed by atoms with Gasteiger partial charge in [0.05, 0.1) is 7.11 Å². The molecule has 3 aromatic rings. The highest BCUT2D eigenvalue weighted by atomic mass is 32.2. The zero-order valence-electron chi connectivity index (χ0n) is 13.8. The Morgan fingerprint density at radius 3 is 2.56 bits per heavy atom. The van der Waals surface area contributed by atoms with Crippen molar-refractivity contribution < 1.29 is 27.1 Å². The highest BCUT2D eigenvalue weighted by molar-refractivity contribution is 8.00. The number of thioether (sulfide) groups is 1. The van der Waals surface area contributed by atoms with Crippen LogP contribution in [-0.4, -0.2) is 28.7 Å². The number of nitrogens with one attached hydrogen (secondary N) is 1. The fraction of sp³-hybridized carbons (Fsp3) is 0.118. The molecule has 6 nitrogen and oxygen atoms in total. The molecular weight excluding hydrogens is 383 g/mol. The number of halogens is 3. The van der Waals surface area contributed by atoms with Crippen molar-refractivity contribution in [2.75, 3.05) is 12.4 Å². The standard InChI is InChI=1S/C17H12F3N3O3S/c1-25-12-4-2-3-11(9-12)15-22-23-16(26-15)21-14(24)10-5-7-13(8-6-10)27-17(18,19)20/h2-9H,1H3,(H,21,23,24). The molecule has 0 saturated carbocycles. The summed E-state index contributed by atoms with van der Waals surface area (Å²) in [5.41, 5.74) is -3.62. The predicted octanol–water partition coefficient (Wildman–Crippen LogP) is 4.61. The average Bonchev–Trinajstić information content (AvgIpc) is 3.09. The van der Waals surface area contributed by atoms with Crippen LogP contribution in [0.2, 0.25) is 0 Å². The van der Waals surface area contributed by atoms with Crippen LogP contribution in [-0.2, 0) is 0 Å². The molecule has 0 radical (unpaired) electrons. The topological polar surface area (TPSA) is 77.3 Å². The van der Waals surface area contributed by atoms with Gasteiger partial charge < -0.3 is 9.15 Å². The predicted molar refractivity (Wildman–Crippen MR) is 92.6 cm³/mol. The highest BCUT2D eigenvalue weighted by Crippen LogP contribution is 2.36. The van der Waals surface area contributed by atoms with E-state index in [1.165, 1.54) is 31.4 Å². The molecule has 1 amide bonds. The van der Waals surface area contributed by atoms with Crippen LogP contribution >= 0.6 is 11.8 Å². The number of rotatable bonds is 5. The number of nitrogens with zero attached hydrogens (tertiary/aromatic N) is 2. The van der Waals surface area contributed by atoms with Gasteiger partial charge in [-0.05, 0) is 54.2 Å². The monoisotopic (exact) mass is 395 g/mol. The molecule has 0 saturated heterocycles. The molecule has 0 fully saturated rings. The number of benzene rings is 2. The summed E-state index contributed by atoms with van der Waals surface area (Å²) in [6.07, 6.45) is 0. The first-order valence-electron chi connectivity index (χ1n) is 7.49. The first-order valence-corrected chi connectivity index (χ1v) is 8.31. The van der Waals surface area contributed by atoms with Crippen molar-refractivity contribution in [3.05, 3.63) is 54.1 Å². The van der Waals surface area contributed by atoms with Crippen molar-refractivity contribution in [3.8, 4) is 17.2 Å². The maximum Gasteiger partial charge on any atom is 0.446 e. The summed E-state index contributed by atoms with van der Waals surface area (Å²) in [4.78, 5) is 12.2. The molecule has 10 heteroatoms. The van der Waals surface area contributed by atoms with Crippen LogP contribution < -0.4 is 10.1 Å². The first-order chi connectivity index (χ1) is 12.8. The van der Waals surface area contributed by atoms with E-state index >= 15 is 0 Å². The number of ether oxygens (including phenoxy) is 1. The number of aromatic nitrogens is 2. The Morgan fingerprint density at radius 1 is 1.15 bits per heavy atom. The van der Waals surface area contributed by atoms with Crippen molar-refractivity contribution in [2.45, 2.75) is 10.4 Å². The second-order valence-corrected chi connectivity index (χ2v) is 6.31. The van der Waals surface area contributed by atoms with Crippen LogP contribution in [0.5, 0.6) is 5.75 Å². The molecular formula is C17H12F3N3O3S. The highest BCUT2D eigenvalue weighted by Gasteiger charge is 2.29. The molecule has 3 rings (SSSR count). The summed E-state index contributed by atoms with van der Waals surface area (Å²) in [6, 6.07) is 11.8. The second kappa shape index (κ2) is 7.70. The maximum absolute atomic E-state index is 12.3. The van der Waals surface area contributed by atoms with E-state index in [0.29, 0.717) is 11.3 Å². The summed E-state index contributed by atoms with van der Waals surface area (Å²) < 4.78 is 47.5. The summed E-state index contributed by atoms with van der Waals surface area (Å²) in [7, 11) is 1.52. The number of alkyl halides is 3.